The molecule has 0 saturated heterocycles. The third kappa shape index (κ3) is 6.33. The summed E-state index contributed by atoms with van der Waals surface area (Å²) in [6.07, 6.45) is 5.29. The highest BCUT2D eigenvalue weighted by atomic mass is 79.9. The minimum atomic E-state index is 0.772. The minimum Gasteiger partial charge on any atom is -0.314 e. The van der Waals surface area contributed by atoms with Gasteiger partial charge in [0.05, 0.1) is 0 Å². The van der Waals surface area contributed by atoms with Crippen LogP contribution in [-0.2, 0) is 6.42 Å². The number of hydrogen-bond donors (Lipinski definition) is 1. The van der Waals surface area contributed by atoms with Gasteiger partial charge in [0.2, 0.25) is 0 Å². The van der Waals surface area contributed by atoms with Gasteiger partial charge in [0.15, 0.2) is 0 Å². The van der Waals surface area contributed by atoms with E-state index in [4.69, 9.17) is 0 Å². The predicted octanol–water partition coefficient (Wildman–Crippen LogP) is 4.50. The molecule has 0 heterocycles. The van der Waals surface area contributed by atoms with Crippen molar-refractivity contribution in [2.45, 2.75) is 38.6 Å². The second kappa shape index (κ2) is 8.33. The third-order valence-electron chi connectivity index (χ3n) is 3.56. The largest absolute Gasteiger partial charge is 0.314 e. The van der Waals surface area contributed by atoms with E-state index in [1.807, 2.05) is 0 Å². The van der Waals surface area contributed by atoms with Crippen LogP contribution in [0.15, 0.2) is 28.7 Å². The standard InChI is InChI=1S/C16H24BrNS/c1-2-19-9-8-14(12-18-16-6-7-16)10-13-4-3-5-15(17)11-13/h3-5,11,14,16,18H,2,6-10,12H2,1H3. The van der Waals surface area contributed by atoms with Crippen molar-refractivity contribution in [1.29, 1.82) is 0 Å². The smallest absolute Gasteiger partial charge is 0.0177 e. The first-order valence-corrected chi connectivity index (χ1v) is 9.28. The predicted molar refractivity (Wildman–Crippen MR) is 90.0 cm³/mol. The van der Waals surface area contributed by atoms with Crippen LogP contribution in [0.2, 0.25) is 0 Å². The average Bonchev–Trinajstić information content (AvgIpc) is 3.20. The summed E-state index contributed by atoms with van der Waals surface area (Å²) in [6, 6.07) is 9.59. The molecule has 0 aromatic heterocycles. The van der Waals surface area contributed by atoms with Crippen LogP contribution in [0, 0.1) is 5.92 Å². The van der Waals surface area contributed by atoms with Gasteiger partial charge in [0, 0.05) is 10.5 Å². The topological polar surface area (TPSA) is 12.0 Å². The van der Waals surface area contributed by atoms with E-state index in [1.165, 1.54) is 53.8 Å². The maximum absolute atomic E-state index is 3.70. The fourth-order valence-electron chi connectivity index (χ4n) is 2.29. The fraction of sp³-hybridized carbons (Fsp3) is 0.625. The SMILES string of the molecule is CCSCCC(CNC1CC1)Cc1cccc(Br)c1. The normalized spacial score (nSPS) is 16.5. The Morgan fingerprint density at radius 2 is 2.26 bits per heavy atom. The Morgan fingerprint density at radius 3 is 2.95 bits per heavy atom. The zero-order valence-electron chi connectivity index (χ0n) is 11.7. The van der Waals surface area contributed by atoms with Crippen LogP contribution in [0.25, 0.3) is 0 Å². The van der Waals surface area contributed by atoms with Crippen LogP contribution < -0.4 is 5.32 Å². The molecule has 1 aliphatic carbocycles. The second-order valence-corrected chi connectivity index (χ2v) is 7.68. The van der Waals surface area contributed by atoms with Crippen molar-refractivity contribution < 1.29 is 0 Å². The molecule has 19 heavy (non-hydrogen) atoms. The summed E-state index contributed by atoms with van der Waals surface area (Å²) in [5.41, 5.74) is 1.46. The van der Waals surface area contributed by atoms with Crippen LogP contribution in [0.5, 0.6) is 0 Å². The molecule has 0 spiro atoms. The van der Waals surface area contributed by atoms with E-state index in [2.05, 4.69) is 64.2 Å². The molecule has 1 aromatic rings. The molecule has 1 N–H and O–H groups in total. The summed E-state index contributed by atoms with van der Waals surface area (Å²) < 4.78 is 1.20. The molecule has 1 saturated carbocycles. The number of nitrogens with one attached hydrogen (secondary N) is 1. The quantitative estimate of drug-likeness (QED) is 0.663. The van der Waals surface area contributed by atoms with Gasteiger partial charge in [-0.1, -0.05) is 35.0 Å². The molecule has 1 atom stereocenters. The molecule has 3 heteroatoms. The molecule has 106 valence electrons. The zero-order valence-corrected chi connectivity index (χ0v) is 14.1. The molecule has 1 aromatic carbocycles. The molecule has 0 bridgehead atoms. The van der Waals surface area contributed by atoms with Crippen LogP contribution in [0.1, 0.15) is 31.7 Å². The van der Waals surface area contributed by atoms with Gasteiger partial charge in [0.25, 0.3) is 0 Å². The summed E-state index contributed by atoms with van der Waals surface area (Å²) in [5.74, 6) is 3.30. The van der Waals surface area contributed by atoms with Crippen molar-refractivity contribution in [3.05, 3.63) is 34.3 Å². The Balaban J connectivity index is 1.83. The number of rotatable bonds is 9. The fourth-order valence-corrected chi connectivity index (χ4v) is 3.52. The Kier molecular flexibility index (Phi) is 6.75. The summed E-state index contributed by atoms with van der Waals surface area (Å²) in [4.78, 5) is 0. The Bertz CT molecular complexity index is 379. The molecule has 2 rings (SSSR count). The van der Waals surface area contributed by atoms with Crippen LogP contribution in [0.4, 0.5) is 0 Å². The van der Waals surface area contributed by atoms with Gasteiger partial charge in [-0.3, -0.25) is 0 Å². The first-order valence-electron chi connectivity index (χ1n) is 7.33. The number of benzene rings is 1. The van der Waals surface area contributed by atoms with E-state index < -0.39 is 0 Å². The lowest BCUT2D eigenvalue weighted by atomic mass is 9.97. The van der Waals surface area contributed by atoms with Gasteiger partial charge in [0.1, 0.15) is 0 Å². The molecule has 0 aliphatic heterocycles. The molecule has 0 amide bonds. The van der Waals surface area contributed by atoms with E-state index in [9.17, 15) is 0 Å². The molecular formula is C16H24BrNS. The van der Waals surface area contributed by atoms with E-state index in [1.54, 1.807) is 0 Å². The van der Waals surface area contributed by atoms with Crippen molar-refractivity contribution >= 4 is 27.7 Å². The van der Waals surface area contributed by atoms with E-state index in [0.29, 0.717) is 0 Å². The molecule has 1 nitrogen and oxygen atoms in total. The molecular weight excluding hydrogens is 318 g/mol. The average molecular weight is 342 g/mol. The van der Waals surface area contributed by atoms with E-state index >= 15 is 0 Å². The highest BCUT2D eigenvalue weighted by Crippen LogP contribution is 2.22. The van der Waals surface area contributed by atoms with Gasteiger partial charge in [-0.05, 0) is 67.3 Å². The lowest BCUT2D eigenvalue weighted by molar-refractivity contribution is 0.461. The highest BCUT2D eigenvalue weighted by molar-refractivity contribution is 9.10. The summed E-state index contributed by atoms with van der Waals surface area (Å²) >= 11 is 5.63. The van der Waals surface area contributed by atoms with Gasteiger partial charge in [-0.2, -0.15) is 11.8 Å². The van der Waals surface area contributed by atoms with Crippen molar-refractivity contribution in [1.82, 2.24) is 5.32 Å². The number of thioether (sulfide) groups is 1. The summed E-state index contributed by atoms with van der Waals surface area (Å²) in [7, 11) is 0. The highest BCUT2D eigenvalue weighted by Gasteiger charge is 2.21. The van der Waals surface area contributed by atoms with Gasteiger partial charge < -0.3 is 5.32 Å². The summed E-state index contributed by atoms with van der Waals surface area (Å²) in [6.45, 7) is 3.43. The lowest BCUT2D eigenvalue weighted by Crippen LogP contribution is -2.26. The van der Waals surface area contributed by atoms with Crippen molar-refractivity contribution in [2.24, 2.45) is 5.92 Å². The van der Waals surface area contributed by atoms with Gasteiger partial charge >= 0.3 is 0 Å². The van der Waals surface area contributed by atoms with Crippen LogP contribution in [0.3, 0.4) is 0 Å². The maximum Gasteiger partial charge on any atom is 0.0177 e. The zero-order chi connectivity index (χ0) is 13.5. The van der Waals surface area contributed by atoms with Crippen molar-refractivity contribution in [3.63, 3.8) is 0 Å². The van der Waals surface area contributed by atoms with Crippen molar-refractivity contribution in [2.75, 3.05) is 18.1 Å². The lowest BCUT2D eigenvalue weighted by Gasteiger charge is -2.17. The Hall–Kier alpha value is 0.01000. The van der Waals surface area contributed by atoms with Crippen LogP contribution >= 0.6 is 27.7 Å². The minimum absolute atomic E-state index is 0.772. The molecule has 1 fully saturated rings. The number of hydrogen-bond acceptors (Lipinski definition) is 2. The van der Waals surface area contributed by atoms with E-state index in [-0.39, 0.29) is 0 Å². The third-order valence-corrected chi connectivity index (χ3v) is 4.99. The molecule has 1 aliphatic rings. The Morgan fingerprint density at radius 1 is 1.42 bits per heavy atom. The molecule has 1 unspecified atom stereocenters. The first-order chi connectivity index (χ1) is 9.28. The van der Waals surface area contributed by atoms with E-state index in [0.717, 1.165) is 12.0 Å². The van der Waals surface area contributed by atoms with Crippen LogP contribution in [-0.4, -0.2) is 24.1 Å². The summed E-state index contributed by atoms with van der Waals surface area (Å²) in [5, 5.41) is 3.70. The van der Waals surface area contributed by atoms with Crippen molar-refractivity contribution in [3.8, 4) is 0 Å². The monoisotopic (exact) mass is 341 g/mol. The first kappa shape index (κ1) is 15.4. The molecule has 0 radical (unpaired) electrons. The Labute approximate surface area is 130 Å². The van der Waals surface area contributed by atoms with Gasteiger partial charge in [-0.15, -0.1) is 0 Å². The maximum atomic E-state index is 3.70. The number of halogens is 1. The second-order valence-electron chi connectivity index (χ2n) is 5.37. The van der Waals surface area contributed by atoms with Gasteiger partial charge in [-0.25, -0.2) is 0 Å².